The smallest absolute Gasteiger partial charge is 0.260 e. The fourth-order valence-corrected chi connectivity index (χ4v) is 4.88. The van der Waals surface area contributed by atoms with Gasteiger partial charge in [0.25, 0.3) is 5.56 Å². The number of thioether (sulfide) groups is 1. The summed E-state index contributed by atoms with van der Waals surface area (Å²) in [4.78, 5) is 33.3. The van der Waals surface area contributed by atoms with E-state index in [0.29, 0.717) is 39.8 Å². The van der Waals surface area contributed by atoms with E-state index in [1.54, 1.807) is 0 Å². The zero-order valence-corrected chi connectivity index (χ0v) is 19.2. The van der Waals surface area contributed by atoms with E-state index in [0.717, 1.165) is 17.5 Å². The second kappa shape index (κ2) is 10.5. The van der Waals surface area contributed by atoms with E-state index in [-0.39, 0.29) is 17.2 Å². The fourth-order valence-electron chi connectivity index (χ4n) is 3.23. The number of benzene rings is 2. The van der Waals surface area contributed by atoms with Crippen LogP contribution in [0.1, 0.15) is 19.2 Å². The lowest BCUT2D eigenvalue weighted by atomic mass is 10.1. The number of nitrogens with one attached hydrogen (secondary N) is 2. The van der Waals surface area contributed by atoms with Crippen LogP contribution in [0.4, 0.5) is 5.69 Å². The first-order chi connectivity index (χ1) is 15.7. The first kappa shape index (κ1) is 22.1. The average Bonchev–Trinajstić information content (AvgIpc) is 3.24. The van der Waals surface area contributed by atoms with Crippen LogP contribution in [0.2, 0.25) is 0 Å². The third kappa shape index (κ3) is 5.20. The molecule has 6 nitrogen and oxygen atoms in total. The SMILES string of the molecule is CCCOc1ccccc1NC(=O)CSCc1nc2scc(-c3ccccc3)c2c(=O)[nH]1. The number of hydrogen-bond acceptors (Lipinski definition) is 6. The number of para-hydroxylation sites is 2. The third-order valence-corrected chi connectivity index (χ3v) is 6.49. The molecule has 2 aromatic carbocycles. The lowest BCUT2D eigenvalue weighted by molar-refractivity contribution is -0.113. The highest BCUT2D eigenvalue weighted by molar-refractivity contribution is 7.99. The van der Waals surface area contributed by atoms with E-state index < -0.39 is 0 Å². The molecule has 2 aromatic heterocycles. The van der Waals surface area contributed by atoms with Crippen molar-refractivity contribution in [1.29, 1.82) is 0 Å². The molecule has 0 saturated carbocycles. The molecule has 0 atom stereocenters. The Labute approximate surface area is 194 Å². The summed E-state index contributed by atoms with van der Waals surface area (Å²) in [5.41, 5.74) is 2.39. The van der Waals surface area contributed by atoms with Gasteiger partial charge in [-0.2, -0.15) is 0 Å². The molecule has 0 aliphatic carbocycles. The Bertz CT molecular complexity index is 1270. The molecule has 0 bridgehead atoms. The van der Waals surface area contributed by atoms with Gasteiger partial charge in [-0.3, -0.25) is 9.59 Å². The lowest BCUT2D eigenvalue weighted by Gasteiger charge is -2.11. The van der Waals surface area contributed by atoms with E-state index in [2.05, 4.69) is 15.3 Å². The highest BCUT2D eigenvalue weighted by Crippen LogP contribution is 2.30. The highest BCUT2D eigenvalue weighted by Gasteiger charge is 2.13. The van der Waals surface area contributed by atoms with Gasteiger partial charge < -0.3 is 15.0 Å². The third-order valence-electron chi connectivity index (χ3n) is 4.67. The number of aromatic amines is 1. The quantitative estimate of drug-likeness (QED) is 0.350. The van der Waals surface area contributed by atoms with Gasteiger partial charge >= 0.3 is 0 Å². The minimum atomic E-state index is -0.155. The van der Waals surface area contributed by atoms with E-state index in [1.807, 2.05) is 66.9 Å². The molecule has 0 aliphatic rings. The molecule has 0 fully saturated rings. The van der Waals surface area contributed by atoms with Gasteiger partial charge in [0, 0.05) is 10.9 Å². The van der Waals surface area contributed by atoms with Crippen molar-refractivity contribution in [2.75, 3.05) is 17.7 Å². The second-order valence-corrected chi connectivity index (χ2v) is 8.94. The maximum atomic E-state index is 12.7. The number of nitrogens with zero attached hydrogens (tertiary/aromatic N) is 1. The summed E-state index contributed by atoms with van der Waals surface area (Å²) < 4.78 is 5.68. The Morgan fingerprint density at radius 2 is 1.94 bits per heavy atom. The maximum Gasteiger partial charge on any atom is 0.260 e. The molecule has 1 amide bonds. The van der Waals surface area contributed by atoms with Gasteiger partial charge in [0.15, 0.2) is 0 Å². The molecule has 0 aliphatic heterocycles. The number of amides is 1. The summed E-state index contributed by atoms with van der Waals surface area (Å²) in [6.07, 6.45) is 0.894. The number of ether oxygens (including phenoxy) is 1. The first-order valence-corrected chi connectivity index (χ1v) is 12.3. The second-order valence-electron chi connectivity index (χ2n) is 7.09. The largest absolute Gasteiger partial charge is 0.491 e. The van der Waals surface area contributed by atoms with Crippen LogP contribution in [0.5, 0.6) is 5.75 Å². The topological polar surface area (TPSA) is 84.1 Å². The summed E-state index contributed by atoms with van der Waals surface area (Å²) in [7, 11) is 0. The number of aromatic nitrogens is 2. The van der Waals surface area contributed by atoms with Crippen molar-refractivity contribution >= 4 is 44.9 Å². The number of thiophene rings is 1. The van der Waals surface area contributed by atoms with Gasteiger partial charge in [-0.15, -0.1) is 23.1 Å². The average molecular weight is 466 g/mol. The number of carbonyl (C=O) groups is 1. The summed E-state index contributed by atoms with van der Waals surface area (Å²) >= 11 is 2.85. The van der Waals surface area contributed by atoms with Crippen molar-refractivity contribution in [3.8, 4) is 16.9 Å². The van der Waals surface area contributed by atoms with Gasteiger partial charge in [0.2, 0.25) is 5.91 Å². The molecule has 2 heterocycles. The first-order valence-electron chi connectivity index (χ1n) is 10.3. The van der Waals surface area contributed by atoms with E-state index in [4.69, 9.17) is 4.74 Å². The Kier molecular flexibility index (Phi) is 7.24. The molecule has 0 radical (unpaired) electrons. The maximum absolute atomic E-state index is 12.7. The summed E-state index contributed by atoms with van der Waals surface area (Å²) in [6, 6.07) is 17.2. The standard InChI is InChI=1S/C24H23N3O3S2/c1-2-12-30-19-11-7-6-10-18(19)25-21(28)15-31-14-20-26-23(29)22-17(13-32-24(22)27-20)16-8-4-3-5-9-16/h3-11,13H,2,12,14-15H2,1H3,(H,25,28)(H,26,27,29). The molecule has 4 rings (SSSR count). The minimum absolute atomic E-state index is 0.131. The van der Waals surface area contributed by atoms with Gasteiger partial charge in [0.05, 0.1) is 29.2 Å². The lowest BCUT2D eigenvalue weighted by Crippen LogP contribution is -2.16. The summed E-state index contributed by atoms with van der Waals surface area (Å²) in [6.45, 7) is 2.63. The van der Waals surface area contributed by atoms with Gasteiger partial charge in [-0.05, 0) is 24.1 Å². The molecule has 0 spiro atoms. The molecule has 4 aromatic rings. The Morgan fingerprint density at radius 3 is 2.75 bits per heavy atom. The van der Waals surface area contributed by atoms with Crippen molar-refractivity contribution in [2.24, 2.45) is 0 Å². The van der Waals surface area contributed by atoms with Crippen LogP contribution in [-0.4, -0.2) is 28.2 Å². The van der Waals surface area contributed by atoms with Crippen LogP contribution in [0, 0.1) is 0 Å². The predicted octanol–water partition coefficient (Wildman–Crippen LogP) is 5.31. The van der Waals surface area contributed by atoms with E-state index in [1.165, 1.54) is 23.1 Å². The van der Waals surface area contributed by atoms with Crippen LogP contribution in [0.25, 0.3) is 21.3 Å². The minimum Gasteiger partial charge on any atom is -0.491 e. The molecule has 164 valence electrons. The van der Waals surface area contributed by atoms with Crippen molar-refractivity contribution in [3.05, 3.63) is 76.2 Å². The molecule has 0 unspecified atom stereocenters. The van der Waals surface area contributed by atoms with Crippen molar-refractivity contribution in [3.63, 3.8) is 0 Å². The van der Waals surface area contributed by atoms with Crippen LogP contribution in [-0.2, 0) is 10.5 Å². The number of fused-ring (bicyclic) bond motifs is 1. The molecule has 32 heavy (non-hydrogen) atoms. The van der Waals surface area contributed by atoms with Crippen LogP contribution < -0.4 is 15.6 Å². The molecular weight excluding hydrogens is 442 g/mol. The van der Waals surface area contributed by atoms with Gasteiger partial charge in [-0.1, -0.05) is 49.4 Å². The van der Waals surface area contributed by atoms with Gasteiger partial charge in [0.1, 0.15) is 16.4 Å². The normalized spacial score (nSPS) is 10.9. The summed E-state index contributed by atoms with van der Waals surface area (Å²) in [5.74, 6) is 1.77. The van der Waals surface area contributed by atoms with Crippen molar-refractivity contribution in [1.82, 2.24) is 9.97 Å². The van der Waals surface area contributed by atoms with Gasteiger partial charge in [-0.25, -0.2) is 4.98 Å². The van der Waals surface area contributed by atoms with Crippen molar-refractivity contribution < 1.29 is 9.53 Å². The zero-order chi connectivity index (χ0) is 22.3. The number of H-pyrrole nitrogens is 1. The van der Waals surface area contributed by atoms with Crippen LogP contribution >= 0.6 is 23.1 Å². The zero-order valence-electron chi connectivity index (χ0n) is 17.6. The molecule has 8 heteroatoms. The van der Waals surface area contributed by atoms with Crippen molar-refractivity contribution in [2.45, 2.75) is 19.1 Å². The highest BCUT2D eigenvalue weighted by atomic mass is 32.2. The van der Waals surface area contributed by atoms with Crippen LogP contribution in [0.3, 0.4) is 0 Å². The Balaban J connectivity index is 1.39. The van der Waals surface area contributed by atoms with Crippen LogP contribution in [0.15, 0.2) is 64.8 Å². The van der Waals surface area contributed by atoms with E-state index >= 15 is 0 Å². The number of hydrogen-bond donors (Lipinski definition) is 2. The molecule has 0 saturated heterocycles. The van der Waals surface area contributed by atoms with E-state index in [9.17, 15) is 9.59 Å². The Morgan fingerprint density at radius 1 is 1.16 bits per heavy atom. The number of rotatable bonds is 9. The monoisotopic (exact) mass is 465 g/mol. The number of carbonyl (C=O) groups excluding carboxylic acids is 1. The Hall–Kier alpha value is -3.10. The molecule has 2 N–H and O–H groups in total. The fraction of sp³-hybridized carbons (Fsp3) is 0.208. The molecular formula is C24H23N3O3S2. The number of anilines is 1. The predicted molar refractivity (Wildman–Crippen MR) is 133 cm³/mol. The summed E-state index contributed by atoms with van der Waals surface area (Å²) in [5, 5.41) is 5.46.